The number of carbonyl (C=O) groups excluding carboxylic acids is 1. The molecule has 7 heteroatoms. The predicted molar refractivity (Wildman–Crippen MR) is 68.9 cm³/mol. The molecule has 0 atom stereocenters. The third-order valence-electron chi connectivity index (χ3n) is 2.54. The quantitative estimate of drug-likeness (QED) is 0.597. The van der Waals surface area contributed by atoms with Gasteiger partial charge in [-0.25, -0.2) is 4.39 Å². The molecule has 0 radical (unpaired) electrons. The van der Waals surface area contributed by atoms with Crippen LogP contribution in [0.3, 0.4) is 0 Å². The highest BCUT2D eigenvalue weighted by atomic mass is 35.5. The van der Waals surface area contributed by atoms with E-state index in [2.05, 4.69) is 4.74 Å². The Morgan fingerprint density at radius 2 is 1.81 bits per heavy atom. The molecule has 0 aromatic heterocycles. The Kier molecular flexibility index (Phi) is 4.18. The molecule has 2 rings (SSSR count). The van der Waals surface area contributed by atoms with Crippen LogP contribution in [0.2, 0.25) is 5.02 Å². The molecule has 0 unspecified atom stereocenters. The van der Waals surface area contributed by atoms with E-state index < -0.39 is 17.9 Å². The molecule has 0 fully saturated rings. The molecular weight excluding hydrogens is 312 g/mol. The first-order chi connectivity index (χ1) is 9.78. The average molecular weight is 319 g/mol. The van der Waals surface area contributed by atoms with Crippen molar-refractivity contribution in [3.8, 4) is 16.9 Å². The molecule has 0 amide bonds. The summed E-state index contributed by atoms with van der Waals surface area (Å²) in [6, 6.07) is 6.76. The van der Waals surface area contributed by atoms with E-state index in [1.165, 1.54) is 18.2 Å². The van der Waals surface area contributed by atoms with Crippen molar-refractivity contribution in [2.45, 2.75) is 6.36 Å². The maximum Gasteiger partial charge on any atom is 0.573 e. The molecule has 0 aliphatic rings. The summed E-state index contributed by atoms with van der Waals surface area (Å²) in [5.41, 5.74) is -0.0526. The second kappa shape index (κ2) is 5.73. The smallest absolute Gasteiger partial charge is 0.406 e. The SMILES string of the molecule is O=Cc1cc(OC(F)(F)F)cc(-c2cc(Cl)ccc2F)c1. The van der Waals surface area contributed by atoms with Crippen LogP contribution in [-0.2, 0) is 0 Å². The molecule has 0 bridgehead atoms. The van der Waals surface area contributed by atoms with E-state index in [0.29, 0.717) is 6.29 Å². The van der Waals surface area contributed by atoms with Gasteiger partial charge >= 0.3 is 6.36 Å². The second-order valence-electron chi connectivity index (χ2n) is 4.08. The zero-order valence-corrected chi connectivity index (χ0v) is 11.0. The van der Waals surface area contributed by atoms with E-state index in [0.717, 1.165) is 18.2 Å². The monoisotopic (exact) mass is 318 g/mol. The number of ether oxygens (including phenoxy) is 1. The fourth-order valence-corrected chi connectivity index (χ4v) is 1.93. The Hall–Kier alpha value is -2.08. The average Bonchev–Trinajstić information content (AvgIpc) is 2.39. The molecule has 0 saturated heterocycles. The van der Waals surface area contributed by atoms with Crippen LogP contribution in [0, 0.1) is 5.82 Å². The van der Waals surface area contributed by atoms with Crippen LogP contribution in [0.25, 0.3) is 11.1 Å². The lowest BCUT2D eigenvalue weighted by Gasteiger charge is -2.12. The Balaban J connectivity index is 2.55. The van der Waals surface area contributed by atoms with Gasteiger partial charge in [-0.1, -0.05) is 11.6 Å². The minimum atomic E-state index is -4.91. The number of hydrogen-bond donors (Lipinski definition) is 0. The molecular formula is C14H7ClF4O2. The Morgan fingerprint density at radius 3 is 2.43 bits per heavy atom. The lowest BCUT2D eigenvalue weighted by atomic mass is 10.0. The number of rotatable bonds is 3. The molecule has 0 spiro atoms. The fourth-order valence-electron chi connectivity index (χ4n) is 1.76. The van der Waals surface area contributed by atoms with Crippen molar-refractivity contribution in [3.05, 3.63) is 52.8 Å². The normalized spacial score (nSPS) is 11.3. The second-order valence-corrected chi connectivity index (χ2v) is 4.52. The van der Waals surface area contributed by atoms with E-state index in [-0.39, 0.29) is 21.7 Å². The largest absolute Gasteiger partial charge is 0.573 e. The first-order valence-corrected chi connectivity index (χ1v) is 5.98. The topological polar surface area (TPSA) is 26.3 Å². The van der Waals surface area contributed by atoms with Crippen LogP contribution >= 0.6 is 11.6 Å². The highest BCUT2D eigenvalue weighted by molar-refractivity contribution is 6.30. The van der Waals surface area contributed by atoms with E-state index in [1.807, 2.05) is 0 Å². The molecule has 21 heavy (non-hydrogen) atoms. The van der Waals surface area contributed by atoms with Crippen molar-refractivity contribution in [3.63, 3.8) is 0 Å². The molecule has 2 aromatic carbocycles. The minimum Gasteiger partial charge on any atom is -0.406 e. The van der Waals surface area contributed by atoms with Crippen molar-refractivity contribution in [1.29, 1.82) is 0 Å². The van der Waals surface area contributed by atoms with Gasteiger partial charge in [0, 0.05) is 16.1 Å². The zero-order chi connectivity index (χ0) is 15.6. The van der Waals surface area contributed by atoms with E-state index >= 15 is 0 Å². The molecule has 2 nitrogen and oxygen atoms in total. The standard InChI is InChI=1S/C14H7ClF4O2/c15-10-1-2-13(16)12(6-10)9-3-8(7-20)4-11(5-9)21-14(17,18)19/h1-7H. The first kappa shape index (κ1) is 15.3. The molecule has 0 N–H and O–H groups in total. The van der Waals surface area contributed by atoms with Crippen LogP contribution in [0.4, 0.5) is 17.6 Å². The van der Waals surface area contributed by atoms with Gasteiger partial charge in [-0.3, -0.25) is 4.79 Å². The number of alkyl halides is 3. The van der Waals surface area contributed by atoms with Gasteiger partial charge in [-0.05, 0) is 42.0 Å². The van der Waals surface area contributed by atoms with Gasteiger partial charge in [0.25, 0.3) is 0 Å². The third-order valence-corrected chi connectivity index (χ3v) is 2.77. The van der Waals surface area contributed by atoms with Gasteiger partial charge in [0.15, 0.2) is 0 Å². The summed E-state index contributed by atoms with van der Waals surface area (Å²) in [5, 5.41) is 0.209. The number of hydrogen-bond acceptors (Lipinski definition) is 2. The first-order valence-electron chi connectivity index (χ1n) is 5.60. The van der Waals surface area contributed by atoms with Crippen molar-refractivity contribution >= 4 is 17.9 Å². The van der Waals surface area contributed by atoms with Crippen molar-refractivity contribution < 1.29 is 27.1 Å². The molecule has 0 aliphatic carbocycles. The lowest BCUT2D eigenvalue weighted by molar-refractivity contribution is -0.274. The number of aldehydes is 1. The molecule has 0 heterocycles. The number of carbonyl (C=O) groups is 1. The Labute approximate surface area is 121 Å². The summed E-state index contributed by atoms with van der Waals surface area (Å²) in [4.78, 5) is 10.8. The van der Waals surface area contributed by atoms with Gasteiger partial charge in [0.1, 0.15) is 17.9 Å². The van der Waals surface area contributed by atoms with Crippen LogP contribution < -0.4 is 4.74 Å². The van der Waals surface area contributed by atoms with Crippen molar-refractivity contribution in [1.82, 2.24) is 0 Å². The third kappa shape index (κ3) is 3.95. The zero-order valence-electron chi connectivity index (χ0n) is 10.2. The van der Waals surface area contributed by atoms with Crippen molar-refractivity contribution in [2.24, 2.45) is 0 Å². The van der Waals surface area contributed by atoms with Gasteiger partial charge < -0.3 is 4.74 Å². The summed E-state index contributed by atoms with van der Waals surface area (Å²) < 4.78 is 54.3. The summed E-state index contributed by atoms with van der Waals surface area (Å²) in [6.07, 6.45) is -4.57. The Morgan fingerprint density at radius 1 is 1.10 bits per heavy atom. The van der Waals surface area contributed by atoms with Crippen LogP contribution in [0.1, 0.15) is 10.4 Å². The van der Waals surface area contributed by atoms with Crippen molar-refractivity contribution in [2.75, 3.05) is 0 Å². The maximum atomic E-state index is 13.8. The highest BCUT2D eigenvalue weighted by Crippen LogP contribution is 2.32. The molecule has 110 valence electrons. The predicted octanol–water partition coefficient (Wildman–Crippen LogP) is 4.86. The van der Waals surface area contributed by atoms with E-state index in [9.17, 15) is 22.4 Å². The Bertz CT molecular complexity index is 683. The van der Waals surface area contributed by atoms with E-state index in [1.54, 1.807) is 0 Å². The summed E-state index contributed by atoms with van der Waals surface area (Å²) >= 11 is 5.74. The summed E-state index contributed by atoms with van der Waals surface area (Å²) in [7, 11) is 0. The number of halogens is 5. The van der Waals surface area contributed by atoms with Gasteiger partial charge in [-0.15, -0.1) is 13.2 Å². The van der Waals surface area contributed by atoms with Gasteiger partial charge in [0.05, 0.1) is 0 Å². The minimum absolute atomic E-state index is 0.0294. The fraction of sp³-hybridized carbons (Fsp3) is 0.0714. The maximum absolute atomic E-state index is 13.8. The number of benzene rings is 2. The van der Waals surface area contributed by atoms with Gasteiger partial charge in [-0.2, -0.15) is 0 Å². The van der Waals surface area contributed by atoms with Gasteiger partial charge in [0.2, 0.25) is 0 Å². The van der Waals surface area contributed by atoms with E-state index in [4.69, 9.17) is 11.6 Å². The molecule has 0 saturated carbocycles. The van der Waals surface area contributed by atoms with Crippen LogP contribution in [0.5, 0.6) is 5.75 Å². The highest BCUT2D eigenvalue weighted by Gasteiger charge is 2.31. The summed E-state index contributed by atoms with van der Waals surface area (Å²) in [6.45, 7) is 0. The summed E-state index contributed by atoms with van der Waals surface area (Å²) in [5.74, 6) is -1.29. The van der Waals surface area contributed by atoms with Crippen LogP contribution in [0.15, 0.2) is 36.4 Å². The molecule has 0 aliphatic heterocycles. The lowest BCUT2D eigenvalue weighted by Crippen LogP contribution is -2.17. The molecule has 2 aromatic rings. The van der Waals surface area contributed by atoms with Crippen LogP contribution in [-0.4, -0.2) is 12.6 Å².